The van der Waals surface area contributed by atoms with Gasteiger partial charge >= 0.3 is 0 Å². The molecule has 0 aromatic carbocycles. The number of thiophene rings is 1. The van der Waals surface area contributed by atoms with E-state index >= 15 is 0 Å². The first-order chi connectivity index (χ1) is 13.4. The number of ketones is 1. The van der Waals surface area contributed by atoms with E-state index in [1.807, 2.05) is 38.5 Å². The van der Waals surface area contributed by atoms with Crippen molar-refractivity contribution in [3.8, 4) is 0 Å². The van der Waals surface area contributed by atoms with Gasteiger partial charge in [0.2, 0.25) is 0 Å². The quantitative estimate of drug-likeness (QED) is 0.354. The average Bonchev–Trinajstić information content (AvgIpc) is 3.18. The number of fused-ring (bicyclic) bond motifs is 3. The first-order valence-corrected chi connectivity index (χ1v) is 11.6. The van der Waals surface area contributed by atoms with Crippen LogP contribution in [0.4, 0.5) is 0 Å². The van der Waals surface area contributed by atoms with Crippen molar-refractivity contribution in [1.29, 1.82) is 0 Å². The van der Waals surface area contributed by atoms with E-state index in [4.69, 9.17) is 4.98 Å². The molecule has 3 aromatic heterocycles. The van der Waals surface area contributed by atoms with Gasteiger partial charge in [0.15, 0.2) is 10.9 Å². The third-order valence-corrected chi connectivity index (χ3v) is 7.93. The number of carbonyl (C=O) groups excluding carboxylic acids is 1. The predicted octanol–water partition coefficient (Wildman–Crippen LogP) is 4.29. The lowest BCUT2D eigenvalue weighted by Gasteiger charge is -2.12. The van der Waals surface area contributed by atoms with Crippen LogP contribution in [0, 0.1) is 13.8 Å². The molecule has 5 nitrogen and oxygen atoms in total. The van der Waals surface area contributed by atoms with E-state index in [0.29, 0.717) is 11.7 Å². The molecular formula is C21H25N3O2S2. The van der Waals surface area contributed by atoms with Crippen molar-refractivity contribution in [2.24, 2.45) is 7.05 Å². The molecule has 7 heteroatoms. The van der Waals surface area contributed by atoms with Gasteiger partial charge in [-0.3, -0.25) is 14.2 Å². The standard InChI is InChI=1S/C21H25N3O2S2/c1-5-24-20(26)18-14-8-6-7-9-17(14)28-19(18)22-21(24)27-11-16(25)15-10-12(2)23(4)13(15)3/h10H,5-9,11H2,1-4H3. The topological polar surface area (TPSA) is 56.9 Å². The molecule has 0 saturated carbocycles. The Labute approximate surface area is 172 Å². The van der Waals surface area contributed by atoms with E-state index in [9.17, 15) is 9.59 Å². The van der Waals surface area contributed by atoms with Gasteiger partial charge in [-0.05, 0) is 58.1 Å². The maximum absolute atomic E-state index is 13.2. The summed E-state index contributed by atoms with van der Waals surface area (Å²) in [5, 5.41) is 1.46. The highest BCUT2D eigenvalue weighted by atomic mass is 32.2. The average molecular weight is 416 g/mol. The maximum Gasteiger partial charge on any atom is 0.263 e. The molecule has 0 saturated heterocycles. The third kappa shape index (κ3) is 3.14. The molecule has 0 N–H and O–H groups in total. The van der Waals surface area contributed by atoms with Crippen molar-refractivity contribution in [2.75, 3.05) is 5.75 Å². The van der Waals surface area contributed by atoms with Crippen LogP contribution in [0.5, 0.6) is 0 Å². The van der Waals surface area contributed by atoms with Crippen molar-refractivity contribution in [1.82, 2.24) is 14.1 Å². The van der Waals surface area contributed by atoms with Crippen LogP contribution in [0.15, 0.2) is 16.0 Å². The summed E-state index contributed by atoms with van der Waals surface area (Å²) in [7, 11) is 1.97. The maximum atomic E-state index is 13.2. The number of carbonyl (C=O) groups is 1. The zero-order chi connectivity index (χ0) is 20.0. The van der Waals surface area contributed by atoms with Gasteiger partial charge < -0.3 is 4.57 Å². The Kier molecular flexibility index (Phi) is 5.22. The summed E-state index contributed by atoms with van der Waals surface area (Å²) in [4.78, 5) is 32.9. The molecule has 0 atom stereocenters. The largest absolute Gasteiger partial charge is 0.351 e. The zero-order valence-electron chi connectivity index (χ0n) is 16.8. The van der Waals surface area contributed by atoms with Crippen LogP contribution in [0.3, 0.4) is 0 Å². The van der Waals surface area contributed by atoms with Crippen LogP contribution < -0.4 is 5.56 Å². The number of aromatic nitrogens is 3. The van der Waals surface area contributed by atoms with Crippen LogP contribution in [0.1, 0.15) is 52.0 Å². The highest BCUT2D eigenvalue weighted by molar-refractivity contribution is 7.99. The lowest BCUT2D eigenvalue weighted by molar-refractivity contribution is 0.102. The minimum absolute atomic E-state index is 0.0496. The summed E-state index contributed by atoms with van der Waals surface area (Å²) in [6, 6.07) is 1.94. The Bertz CT molecular complexity index is 1140. The first-order valence-electron chi connectivity index (χ1n) is 9.76. The Hall–Kier alpha value is -1.86. The van der Waals surface area contributed by atoms with Gasteiger partial charge in [0.25, 0.3) is 5.56 Å². The second kappa shape index (κ2) is 7.52. The number of hydrogen-bond donors (Lipinski definition) is 0. The Balaban J connectivity index is 1.67. The Morgan fingerprint density at radius 2 is 2.04 bits per heavy atom. The number of hydrogen-bond acceptors (Lipinski definition) is 5. The van der Waals surface area contributed by atoms with E-state index < -0.39 is 0 Å². The molecule has 0 radical (unpaired) electrons. The van der Waals surface area contributed by atoms with Gasteiger partial charge in [0, 0.05) is 35.4 Å². The smallest absolute Gasteiger partial charge is 0.263 e. The molecular weight excluding hydrogens is 390 g/mol. The van der Waals surface area contributed by atoms with Gasteiger partial charge in [0.05, 0.1) is 11.1 Å². The summed E-state index contributed by atoms with van der Waals surface area (Å²) in [6.07, 6.45) is 4.36. The Morgan fingerprint density at radius 1 is 1.29 bits per heavy atom. The summed E-state index contributed by atoms with van der Waals surface area (Å²) < 4.78 is 3.76. The summed E-state index contributed by atoms with van der Waals surface area (Å²) >= 11 is 3.03. The van der Waals surface area contributed by atoms with Gasteiger partial charge in [-0.2, -0.15) is 0 Å². The fourth-order valence-corrected chi connectivity index (χ4v) is 6.20. The molecule has 3 aromatic rings. The van der Waals surface area contributed by atoms with Crippen molar-refractivity contribution >= 4 is 39.1 Å². The highest BCUT2D eigenvalue weighted by Gasteiger charge is 2.22. The summed E-state index contributed by atoms with van der Waals surface area (Å²) in [5.41, 5.74) is 4.07. The molecule has 0 unspecified atom stereocenters. The number of Topliss-reactive ketones (excluding diaryl/α,β-unsaturated/α-hetero) is 1. The minimum atomic E-state index is 0.0496. The van der Waals surface area contributed by atoms with Crippen molar-refractivity contribution in [3.05, 3.63) is 43.8 Å². The fourth-order valence-electron chi connectivity index (χ4n) is 3.95. The normalized spacial score (nSPS) is 13.9. The minimum Gasteiger partial charge on any atom is -0.351 e. The highest BCUT2D eigenvalue weighted by Crippen LogP contribution is 2.34. The van der Waals surface area contributed by atoms with Gasteiger partial charge in [-0.15, -0.1) is 11.3 Å². The predicted molar refractivity (Wildman–Crippen MR) is 116 cm³/mol. The molecule has 4 rings (SSSR count). The number of aryl methyl sites for hydroxylation is 3. The molecule has 1 aliphatic carbocycles. The van der Waals surface area contributed by atoms with Gasteiger partial charge in [0.1, 0.15) is 4.83 Å². The van der Waals surface area contributed by atoms with Crippen LogP contribution in [-0.4, -0.2) is 25.7 Å². The SMILES string of the molecule is CCn1c(SCC(=O)c2cc(C)n(C)c2C)nc2sc3c(c2c1=O)CCCC3. The van der Waals surface area contributed by atoms with E-state index in [0.717, 1.165) is 46.4 Å². The number of thioether (sulfide) groups is 1. The van der Waals surface area contributed by atoms with E-state index in [2.05, 4.69) is 0 Å². The number of rotatable bonds is 5. The monoisotopic (exact) mass is 415 g/mol. The molecule has 28 heavy (non-hydrogen) atoms. The Morgan fingerprint density at radius 3 is 2.71 bits per heavy atom. The van der Waals surface area contributed by atoms with Gasteiger partial charge in [-0.25, -0.2) is 4.98 Å². The molecule has 3 heterocycles. The van der Waals surface area contributed by atoms with Crippen LogP contribution >= 0.6 is 23.1 Å². The third-order valence-electron chi connectivity index (χ3n) is 5.76. The van der Waals surface area contributed by atoms with Crippen LogP contribution in [0.25, 0.3) is 10.2 Å². The van der Waals surface area contributed by atoms with E-state index in [1.54, 1.807) is 15.9 Å². The summed E-state index contributed by atoms with van der Waals surface area (Å²) in [6.45, 7) is 6.49. The molecule has 148 valence electrons. The second-order valence-electron chi connectivity index (χ2n) is 7.39. The van der Waals surface area contributed by atoms with Crippen molar-refractivity contribution in [3.63, 3.8) is 0 Å². The molecule has 0 spiro atoms. The van der Waals surface area contributed by atoms with Crippen molar-refractivity contribution < 1.29 is 4.79 Å². The molecule has 1 aliphatic rings. The molecule has 0 bridgehead atoms. The van der Waals surface area contributed by atoms with E-state index in [1.165, 1.54) is 28.6 Å². The number of nitrogens with zero attached hydrogens (tertiary/aromatic N) is 3. The lowest BCUT2D eigenvalue weighted by atomic mass is 9.97. The first kappa shape index (κ1) is 19.5. The zero-order valence-corrected chi connectivity index (χ0v) is 18.4. The van der Waals surface area contributed by atoms with Crippen LogP contribution in [0.2, 0.25) is 0 Å². The second-order valence-corrected chi connectivity index (χ2v) is 9.42. The molecule has 0 amide bonds. The summed E-state index contributed by atoms with van der Waals surface area (Å²) in [5.74, 6) is 0.363. The van der Waals surface area contributed by atoms with Gasteiger partial charge in [-0.1, -0.05) is 11.8 Å². The molecule has 0 fully saturated rings. The van der Waals surface area contributed by atoms with E-state index in [-0.39, 0.29) is 17.1 Å². The molecule has 0 aliphatic heterocycles. The fraction of sp³-hybridized carbons (Fsp3) is 0.476. The van der Waals surface area contributed by atoms with Crippen LogP contribution in [-0.2, 0) is 26.4 Å². The lowest BCUT2D eigenvalue weighted by Crippen LogP contribution is -2.23. The van der Waals surface area contributed by atoms with Crippen molar-refractivity contribution in [2.45, 2.75) is 58.2 Å².